The molecule has 2 aromatic carbocycles. The first-order chi connectivity index (χ1) is 9.20. The number of nitrogen functional groups attached to an aromatic ring is 1. The third-order valence-corrected chi connectivity index (χ3v) is 2.51. The molecule has 2 rings (SSSR count). The van der Waals surface area contributed by atoms with Gasteiger partial charge in [0.2, 0.25) is 0 Å². The normalized spacial score (nSPS) is 10.2. The fraction of sp³-hybridized carbons (Fsp3) is 0.200. The van der Waals surface area contributed by atoms with Gasteiger partial charge in [0.05, 0.1) is 12.3 Å². The van der Waals surface area contributed by atoms with Crippen LogP contribution in [0, 0.1) is 5.82 Å². The summed E-state index contributed by atoms with van der Waals surface area (Å²) in [4.78, 5) is 0. The van der Waals surface area contributed by atoms with Gasteiger partial charge in [-0.15, -0.1) is 0 Å². The number of hydrogen-bond donors (Lipinski definition) is 1. The van der Waals surface area contributed by atoms with Crippen LogP contribution in [-0.4, -0.2) is 6.61 Å². The number of nitrogens with two attached hydrogens (primary N) is 1. The summed E-state index contributed by atoms with van der Waals surface area (Å²) in [5.74, 6) is 1.03. The number of para-hydroxylation sites is 2. The molecular formula is C15H16FNO2. The van der Waals surface area contributed by atoms with Crippen molar-refractivity contribution in [2.75, 3.05) is 12.3 Å². The first-order valence-electron chi connectivity index (χ1n) is 6.15. The Morgan fingerprint density at radius 3 is 2.53 bits per heavy atom. The van der Waals surface area contributed by atoms with Crippen LogP contribution in [-0.2, 0) is 0 Å². The number of ether oxygens (including phenoxy) is 2. The van der Waals surface area contributed by atoms with E-state index < -0.39 is 5.82 Å². The highest BCUT2D eigenvalue weighted by Gasteiger charge is 2.08. The Labute approximate surface area is 111 Å². The van der Waals surface area contributed by atoms with Crippen LogP contribution in [0.15, 0.2) is 42.5 Å². The summed E-state index contributed by atoms with van der Waals surface area (Å²) in [7, 11) is 0. The summed E-state index contributed by atoms with van der Waals surface area (Å²) in [6.45, 7) is 2.62. The fourth-order valence-electron chi connectivity index (χ4n) is 1.58. The van der Waals surface area contributed by atoms with Gasteiger partial charge in [0.15, 0.2) is 17.2 Å². The molecular weight excluding hydrogens is 245 g/mol. The van der Waals surface area contributed by atoms with E-state index in [2.05, 4.69) is 0 Å². The number of rotatable bonds is 5. The zero-order valence-corrected chi connectivity index (χ0v) is 10.7. The van der Waals surface area contributed by atoms with Crippen molar-refractivity contribution in [2.24, 2.45) is 0 Å². The topological polar surface area (TPSA) is 44.5 Å². The van der Waals surface area contributed by atoms with Crippen molar-refractivity contribution in [1.82, 2.24) is 0 Å². The van der Waals surface area contributed by atoms with Crippen molar-refractivity contribution >= 4 is 5.69 Å². The lowest BCUT2D eigenvalue weighted by atomic mass is 10.3. The predicted molar refractivity (Wildman–Crippen MR) is 73.1 cm³/mol. The molecule has 0 heterocycles. The molecule has 0 radical (unpaired) electrons. The third-order valence-electron chi connectivity index (χ3n) is 2.51. The molecule has 19 heavy (non-hydrogen) atoms. The molecule has 0 saturated heterocycles. The van der Waals surface area contributed by atoms with Gasteiger partial charge in [0, 0.05) is 6.07 Å². The van der Waals surface area contributed by atoms with Crippen LogP contribution in [0.25, 0.3) is 0 Å². The molecule has 3 nitrogen and oxygen atoms in total. The summed E-state index contributed by atoms with van der Waals surface area (Å²) >= 11 is 0. The second-order valence-corrected chi connectivity index (χ2v) is 4.08. The van der Waals surface area contributed by atoms with Crippen LogP contribution < -0.4 is 15.2 Å². The lowest BCUT2D eigenvalue weighted by Crippen LogP contribution is -1.98. The molecule has 0 fully saturated rings. The molecule has 0 spiro atoms. The molecule has 0 bridgehead atoms. The number of benzene rings is 2. The maximum atomic E-state index is 13.2. The van der Waals surface area contributed by atoms with Crippen molar-refractivity contribution in [3.63, 3.8) is 0 Å². The van der Waals surface area contributed by atoms with Crippen LogP contribution >= 0.6 is 0 Å². The fourth-order valence-corrected chi connectivity index (χ4v) is 1.58. The highest BCUT2D eigenvalue weighted by atomic mass is 19.1. The van der Waals surface area contributed by atoms with Crippen molar-refractivity contribution in [2.45, 2.75) is 13.3 Å². The maximum Gasteiger partial charge on any atom is 0.169 e. The van der Waals surface area contributed by atoms with E-state index in [1.165, 1.54) is 18.2 Å². The van der Waals surface area contributed by atoms with Crippen molar-refractivity contribution < 1.29 is 13.9 Å². The summed E-state index contributed by atoms with van der Waals surface area (Å²) < 4.78 is 24.4. The Balaban J connectivity index is 2.25. The Hall–Kier alpha value is -2.23. The van der Waals surface area contributed by atoms with Gasteiger partial charge in [-0.25, -0.2) is 4.39 Å². The van der Waals surface area contributed by atoms with E-state index >= 15 is 0 Å². The molecule has 0 aromatic heterocycles. The van der Waals surface area contributed by atoms with E-state index in [-0.39, 0.29) is 5.75 Å². The summed E-state index contributed by atoms with van der Waals surface area (Å²) in [5, 5.41) is 0. The predicted octanol–water partition coefficient (Wildman–Crippen LogP) is 3.99. The van der Waals surface area contributed by atoms with E-state index in [4.69, 9.17) is 15.2 Å². The standard InChI is InChI=1S/C15H16FNO2/c1-2-9-18-13-5-3-4-6-14(13)19-15-10-11(16)7-8-12(15)17/h3-8,10H,2,9,17H2,1H3. The lowest BCUT2D eigenvalue weighted by molar-refractivity contribution is 0.302. The van der Waals surface area contributed by atoms with Gasteiger partial charge in [0.1, 0.15) is 5.82 Å². The lowest BCUT2D eigenvalue weighted by Gasteiger charge is -2.13. The second kappa shape index (κ2) is 6.09. The average molecular weight is 261 g/mol. The smallest absolute Gasteiger partial charge is 0.169 e. The molecule has 0 atom stereocenters. The van der Waals surface area contributed by atoms with E-state index in [1.807, 2.05) is 19.1 Å². The summed E-state index contributed by atoms with van der Waals surface area (Å²) in [6.07, 6.45) is 0.899. The number of anilines is 1. The zero-order valence-electron chi connectivity index (χ0n) is 10.7. The van der Waals surface area contributed by atoms with Gasteiger partial charge in [-0.1, -0.05) is 19.1 Å². The van der Waals surface area contributed by atoms with Crippen molar-refractivity contribution in [3.8, 4) is 17.2 Å². The van der Waals surface area contributed by atoms with Gasteiger partial charge in [-0.2, -0.15) is 0 Å². The first kappa shape index (κ1) is 13.2. The van der Waals surface area contributed by atoms with Gasteiger partial charge in [0.25, 0.3) is 0 Å². The highest BCUT2D eigenvalue weighted by molar-refractivity contribution is 5.55. The molecule has 0 aliphatic carbocycles. The molecule has 0 amide bonds. The Kier molecular flexibility index (Phi) is 4.23. The summed E-state index contributed by atoms with van der Waals surface area (Å²) in [6, 6.07) is 11.3. The van der Waals surface area contributed by atoms with Crippen LogP contribution in [0.3, 0.4) is 0 Å². The minimum atomic E-state index is -0.392. The quantitative estimate of drug-likeness (QED) is 0.828. The van der Waals surface area contributed by atoms with E-state index in [0.717, 1.165) is 6.42 Å². The van der Waals surface area contributed by atoms with Crippen LogP contribution in [0.4, 0.5) is 10.1 Å². The monoisotopic (exact) mass is 261 g/mol. The van der Waals surface area contributed by atoms with Crippen LogP contribution in [0.1, 0.15) is 13.3 Å². The van der Waals surface area contributed by atoms with Gasteiger partial charge in [-0.05, 0) is 30.7 Å². The largest absolute Gasteiger partial charge is 0.490 e. The van der Waals surface area contributed by atoms with Crippen molar-refractivity contribution in [3.05, 3.63) is 48.3 Å². The third kappa shape index (κ3) is 3.37. The van der Waals surface area contributed by atoms with E-state index in [9.17, 15) is 4.39 Å². The van der Waals surface area contributed by atoms with E-state index in [1.54, 1.807) is 12.1 Å². The van der Waals surface area contributed by atoms with E-state index in [0.29, 0.717) is 23.8 Å². The number of hydrogen-bond acceptors (Lipinski definition) is 3. The Bertz CT molecular complexity index is 558. The Morgan fingerprint density at radius 2 is 1.79 bits per heavy atom. The van der Waals surface area contributed by atoms with Gasteiger partial charge < -0.3 is 15.2 Å². The van der Waals surface area contributed by atoms with Gasteiger partial charge >= 0.3 is 0 Å². The molecule has 100 valence electrons. The summed E-state index contributed by atoms with van der Waals surface area (Å²) in [5.41, 5.74) is 6.14. The molecule has 0 aliphatic heterocycles. The molecule has 0 saturated carbocycles. The SMILES string of the molecule is CCCOc1ccccc1Oc1cc(F)ccc1N. The molecule has 0 unspecified atom stereocenters. The molecule has 4 heteroatoms. The molecule has 0 aliphatic rings. The molecule has 2 N–H and O–H groups in total. The second-order valence-electron chi connectivity index (χ2n) is 4.08. The highest BCUT2D eigenvalue weighted by Crippen LogP contribution is 2.34. The van der Waals surface area contributed by atoms with Gasteiger partial charge in [-0.3, -0.25) is 0 Å². The van der Waals surface area contributed by atoms with Crippen LogP contribution in [0.5, 0.6) is 17.2 Å². The minimum Gasteiger partial charge on any atom is -0.490 e. The Morgan fingerprint density at radius 1 is 1.05 bits per heavy atom. The first-order valence-corrected chi connectivity index (χ1v) is 6.15. The average Bonchev–Trinajstić information content (AvgIpc) is 2.42. The maximum absolute atomic E-state index is 13.2. The van der Waals surface area contributed by atoms with Crippen LogP contribution in [0.2, 0.25) is 0 Å². The minimum absolute atomic E-state index is 0.285. The molecule has 2 aromatic rings. The zero-order chi connectivity index (χ0) is 13.7. The van der Waals surface area contributed by atoms with Crippen molar-refractivity contribution in [1.29, 1.82) is 0 Å². The number of halogens is 1.